The lowest BCUT2D eigenvalue weighted by Gasteiger charge is -2.23. The lowest BCUT2D eigenvalue weighted by atomic mass is 10.0. The van der Waals surface area contributed by atoms with E-state index in [1.165, 1.54) is 4.31 Å². The van der Waals surface area contributed by atoms with Crippen LogP contribution < -0.4 is 9.62 Å². The molecule has 0 saturated heterocycles. The number of benzene rings is 3. The molecule has 1 N–H and O–H groups in total. The van der Waals surface area contributed by atoms with E-state index >= 15 is 0 Å². The van der Waals surface area contributed by atoms with Gasteiger partial charge in [-0.25, -0.2) is 8.42 Å². The van der Waals surface area contributed by atoms with Gasteiger partial charge in [0.15, 0.2) is 0 Å². The largest absolute Gasteiger partial charge is 0.345 e. The number of carbonyl (C=O) groups is 1. The highest BCUT2D eigenvalue weighted by molar-refractivity contribution is 7.92. The molecule has 0 aliphatic heterocycles. The molecular formula is C24H26N2O3S. The number of nitrogens with zero attached hydrogens (tertiary/aromatic N) is 1. The van der Waals surface area contributed by atoms with E-state index in [4.69, 9.17) is 0 Å². The first-order chi connectivity index (χ1) is 14.5. The molecule has 0 aromatic heterocycles. The zero-order chi connectivity index (χ0) is 21.6. The van der Waals surface area contributed by atoms with E-state index in [1.54, 1.807) is 61.5 Å². The average Bonchev–Trinajstić information content (AvgIpc) is 2.79. The zero-order valence-corrected chi connectivity index (χ0v) is 18.0. The van der Waals surface area contributed by atoms with Gasteiger partial charge in [0.2, 0.25) is 0 Å². The molecule has 3 aromatic carbocycles. The number of rotatable bonds is 8. The van der Waals surface area contributed by atoms with E-state index in [1.807, 2.05) is 37.3 Å². The molecule has 0 fully saturated rings. The second-order valence-electron chi connectivity index (χ2n) is 6.87. The van der Waals surface area contributed by atoms with Crippen LogP contribution in [0.2, 0.25) is 0 Å². The molecule has 0 bridgehead atoms. The SMILES string of the molecule is CC[C@@H](NC(=O)c1ccc(N(CC)S(=O)(=O)c2ccccc2)cc1)c1ccccc1. The third-order valence-corrected chi connectivity index (χ3v) is 6.87. The van der Waals surface area contributed by atoms with Gasteiger partial charge in [0.05, 0.1) is 16.6 Å². The van der Waals surface area contributed by atoms with Crippen molar-refractivity contribution >= 4 is 21.6 Å². The van der Waals surface area contributed by atoms with E-state index in [-0.39, 0.29) is 23.4 Å². The van der Waals surface area contributed by atoms with Crippen molar-refractivity contribution in [2.75, 3.05) is 10.8 Å². The Morgan fingerprint density at radius 3 is 1.97 bits per heavy atom. The van der Waals surface area contributed by atoms with E-state index in [9.17, 15) is 13.2 Å². The third-order valence-electron chi connectivity index (χ3n) is 4.95. The minimum Gasteiger partial charge on any atom is -0.345 e. The number of amides is 1. The molecule has 3 aromatic rings. The summed E-state index contributed by atoms with van der Waals surface area (Å²) in [5, 5.41) is 3.05. The van der Waals surface area contributed by atoms with Crippen LogP contribution in [0.1, 0.15) is 42.2 Å². The van der Waals surface area contributed by atoms with Crippen LogP contribution in [0.3, 0.4) is 0 Å². The zero-order valence-electron chi connectivity index (χ0n) is 17.2. The Kier molecular flexibility index (Phi) is 6.90. The first kappa shape index (κ1) is 21.6. The van der Waals surface area contributed by atoms with E-state index in [2.05, 4.69) is 5.32 Å². The molecular weight excluding hydrogens is 396 g/mol. The fourth-order valence-electron chi connectivity index (χ4n) is 3.34. The Bertz CT molecular complexity index is 1070. The number of hydrogen-bond acceptors (Lipinski definition) is 3. The Morgan fingerprint density at radius 2 is 1.43 bits per heavy atom. The van der Waals surface area contributed by atoms with Gasteiger partial charge in [-0.05, 0) is 55.3 Å². The molecule has 0 saturated carbocycles. The Labute approximate surface area is 178 Å². The van der Waals surface area contributed by atoms with Crippen LogP contribution in [0, 0.1) is 0 Å². The first-order valence-corrected chi connectivity index (χ1v) is 11.4. The third kappa shape index (κ3) is 4.71. The summed E-state index contributed by atoms with van der Waals surface area (Å²) >= 11 is 0. The number of sulfonamides is 1. The van der Waals surface area contributed by atoms with Crippen LogP contribution in [-0.4, -0.2) is 20.9 Å². The van der Waals surface area contributed by atoms with Crippen molar-refractivity contribution in [3.63, 3.8) is 0 Å². The predicted molar refractivity (Wildman–Crippen MR) is 120 cm³/mol. The van der Waals surface area contributed by atoms with Gasteiger partial charge < -0.3 is 5.32 Å². The molecule has 0 heterocycles. The Hall–Kier alpha value is -3.12. The topological polar surface area (TPSA) is 66.5 Å². The standard InChI is InChI=1S/C24H26N2O3S/c1-3-23(19-11-7-5-8-12-19)25-24(27)20-15-17-21(18-16-20)26(4-2)30(28,29)22-13-9-6-10-14-22/h5-18,23H,3-4H2,1-2H3,(H,25,27)/t23-/m1/s1. The summed E-state index contributed by atoms with van der Waals surface area (Å²) in [6.07, 6.45) is 0.771. The summed E-state index contributed by atoms with van der Waals surface area (Å²) < 4.78 is 27.3. The highest BCUT2D eigenvalue weighted by Gasteiger charge is 2.23. The number of carbonyl (C=O) groups excluding carboxylic acids is 1. The fourth-order valence-corrected chi connectivity index (χ4v) is 4.83. The van der Waals surface area contributed by atoms with Crippen LogP contribution >= 0.6 is 0 Å². The van der Waals surface area contributed by atoms with Crippen molar-refractivity contribution < 1.29 is 13.2 Å². The Balaban J connectivity index is 1.79. The first-order valence-electron chi connectivity index (χ1n) is 10.0. The van der Waals surface area contributed by atoms with Crippen molar-refractivity contribution in [3.05, 3.63) is 96.1 Å². The van der Waals surface area contributed by atoms with E-state index in [0.29, 0.717) is 11.3 Å². The maximum Gasteiger partial charge on any atom is 0.264 e. The lowest BCUT2D eigenvalue weighted by Crippen LogP contribution is -2.31. The lowest BCUT2D eigenvalue weighted by molar-refractivity contribution is 0.0935. The van der Waals surface area contributed by atoms with Crippen molar-refractivity contribution in [3.8, 4) is 0 Å². The number of nitrogens with one attached hydrogen (secondary N) is 1. The van der Waals surface area contributed by atoms with Gasteiger partial charge >= 0.3 is 0 Å². The molecule has 0 aliphatic carbocycles. The summed E-state index contributed by atoms with van der Waals surface area (Å²) in [5.41, 5.74) is 2.06. The number of anilines is 1. The maximum atomic E-state index is 13.0. The highest BCUT2D eigenvalue weighted by Crippen LogP contribution is 2.24. The number of hydrogen-bond donors (Lipinski definition) is 1. The van der Waals surface area contributed by atoms with Gasteiger partial charge in [-0.15, -0.1) is 0 Å². The monoisotopic (exact) mass is 422 g/mol. The predicted octanol–water partition coefficient (Wildman–Crippen LogP) is 4.78. The van der Waals surface area contributed by atoms with Crippen molar-refractivity contribution in [1.82, 2.24) is 5.32 Å². The molecule has 1 amide bonds. The Morgan fingerprint density at radius 1 is 0.867 bits per heavy atom. The van der Waals surface area contributed by atoms with Gasteiger partial charge in [0.1, 0.15) is 0 Å². The average molecular weight is 423 g/mol. The second-order valence-corrected chi connectivity index (χ2v) is 8.74. The molecule has 0 radical (unpaired) electrons. The van der Waals surface area contributed by atoms with Crippen LogP contribution in [-0.2, 0) is 10.0 Å². The molecule has 1 atom stereocenters. The maximum absolute atomic E-state index is 13.0. The summed E-state index contributed by atoms with van der Waals surface area (Å²) in [7, 11) is -3.66. The normalized spacial score (nSPS) is 12.2. The van der Waals surface area contributed by atoms with Crippen LogP contribution in [0.15, 0.2) is 89.8 Å². The minimum absolute atomic E-state index is 0.0797. The van der Waals surface area contributed by atoms with Crippen LogP contribution in [0.5, 0.6) is 0 Å². The summed E-state index contributed by atoms with van der Waals surface area (Å²) in [6, 6.07) is 24.7. The molecule has 30 heavy (non-hydrogen) atoms. The van der Waals surface area contributed by atoms with Gasteiger partial charge in [0.25, 0.3) is 15.9 Å². The van der Waals surface area contributed by atoms with E-state index in [0.717, 1.165) is 12.0 Å². The fraction of sp³-hybridized carbons (Fsp3) is 0.208. The van der Waals surface area contributed by atoms with Crippen molar-refractivity contribution in [1.29, 1.82) is 0 Å². The van der Waals surface area contributed by atoms with Crippen LogP contribution in [0.25, 0.3) is 0 Å². The molecule has 0 aliphatic rings. The molecule has 6 heteroatoms. The molecule has 0 spiro atoms. The summed E-state index contributed by atoms with van der Waals surface area (Å²) in [5.74, 6) is -0.189. The summed E-state index contributed by atoms with van der Waals surface area (Å²) in [6.45, 7) is 4.09. The van der Waals surface area contributed by atoms with E-state index < -0.39 is 10.0 Å². The highest BCUT2D eigenvalue weighted by atomic mass is 32.2. The molecule has 3 rings (SSSR count). The van der Waals surface area contributed by atoms with Crippen molar-refractivity contribution in [2.45, 2.75) is 31.2 Å². The summed E-state index contributed by atoms with van der Waals surface area (Å²) in [4.78, 5) is 13.0. The molecule has 156 valence electrons. The van der Waals surface area contributed by atoms with Crippen LogP contribution in [0.4, 0.5) is 5.69 Å². The quantitative estimate of drug-likeness (QED) is 0.568. The van der Waals surface area contributed by atoms with Gasteiger partial charge in [0, 0.05) is 12.1 Å². The van der Waals surface area contributed by atoms with Crippen molar-refractivity contribution in [2.24, 2.45) is 0 Å². The minimum atomic E-state index is -3.66. The molecule has 0 unspecified atom stereocenters. The molecule has 5 nitrogen and oxygen atoms in total. The van der Waals surface area contributed by atoms with Gasteiger partial charge in [-0.2, -0.15) is 0 Å². The van der Waals surface area contributed by atoms with Gasteiger partial charge in [-0.3, -0.25) is 9.10 Å². The second kappa shape index (κ2) is 9.59. The van der Waals surface area contributed by atoms with Gasteiger partial charge in [-0.1, -0.05) is 55.5 Å². The smallest absolute Gasteiger partial charge is 0.264 e.